The minimum absolute atomic E-state index is 0.203. The van der Waals surface area contributed by atoms with Gasteiger partial charge in [0.2, 0.25) is 5.91 Å². The maximum absolute atomic E-state index is 11.6. The van der Waals surface area contributed by atoms with Gasteiger partial charge in [-0.25, -0.2) is 0 Å². The summed E-state index contributed by atoms with van der Waals surface area (Å²) in [6.07, 6.45) is 9.17. The summed E-state index contributed by atoms with van der Waals surface area (Å²) in [5.41, 5.74) is 1.36. The van der Waals surface area contributed by atoms with Crippen molar-refractivity contribution in [1.29, 1.82) is 0 Å². The van der Waals surface area contributed by atoms with Crippen LogP contribution in [0.5, 0.6) is 5.75 Å². The van der Waals surface area contributed by atoms with Crippen LogP contribution < -0.4 is 10.1 Å². The molecule has 1 aromatic carbocycles. The zero-order chi connectivity index (χ0) is 19.9. The van der Waals surface area contributed by atoms with Crippen LogP contribution in [0.4, 0.5) is 0 Å². The third-order valence-corrected chi connectivity index (χ3v) is 7.29. The number of ether oxygens (including phenoxy) is 1. The molecule has 3 rings (SSSR count). The molecule has 1 heterocycles. The van der Waals surface area contributed by atoms with Crippen LogP contribution in [0.3, 0.4) is 0 Å². The molecule has 0 spiro atoms. The molecular formula is C23H35BrN2O2. The second kappa shape index (κ2) is 10.6. The second-order valence-electron chi connectivity index (χ2n) is 8.54. The van der Waals surface area contributed by atoms with Crippen LogP contribution >= 0.6 is 15.9 Å². The number of nitrogens with one attached hydrogen (secondary N) is 1. The zero-order valence-corrected chi connectivity index (χ0v) is 19.0. The molecule has 1 aliphatic heterocycles. The van der Waals surface area contributed by atoms with Gasteiger partial charge in [0.15, 0.2) is 0 Å². The van der Waals surface area contributed by atoms with Crippen molar-refractivity contribution in [2.45, 2.75) is 64.3 Å². The van der Waals surface area contributed by atoms with Gasteiger partial charge in [0, 0.05) is 23.5 Å². The van der Waals surface area contributed by atoms with Gasteiger partial charge < -0.3 is 15.0 Å². The Hall–Kier alpha value is -1.07. The summed E-state index contributed by atoms with van der Waals surface area (Å²) < 4.78 is 6.58. The average molecular weight is 451 g/mol. The highest BCUT2D eigenvalue weighted by Gasteiger charge is 2.26. The monoisotopic (exact) mass is 450 g/mol. The number of halogens is 1. The van der Waals surface area contributed by atoms with Gasteiger partial charge in [-0.2, -0.15) is 0 Å². The van der Waals surface area contributed by atoms with Crippen LogP contribution in [0.2, 0.25) is 0 Å². The van der Waals surface area contributed by atoms with E-state index in [1.54, 1.807) is 7.11 Å². The van der Waals surface area contributed by atoms with E-state index in [2.05, 4.69) is 38.3 Å². The fourth-order valence-electron chi connectivity index (χ4n) is 4.72. The van der Waals surface area contributed by atoms with E-state index in [0.29, 0.717) is 12.5 Å². The fraction of sp³-hybridized carbons (Fsp3) is 0.696. The van der Waals surface area contributed by atoms with E-state index in [-0.39, 0.29) is 5.91 Å². The van der Waals surface area contributed by atoms with Crippen molar-refractivity contribution in [3.63, 3.8) is 0 Å². The van der Waals surface area contributed by atoms with E-state index < -0.39 is 0 Å². The molecule has 1 atom stereocenters. The van der Waals surface area contributed by atoms with Crippen LogP contribution in [-0.2, 0) is 11.2 Å². The van der Waals surface area contributed by atoms with Crippen LogP contribution in [0.15, 0.2) is 22.7 Å². The summed E-state index contributed by atoms with van der Waals surface area (Å²) in [4.78, 5) is 14.2. The minimum Gasteiger partial charge on any atom is -0.497 e. The third kappa shape index (κ3) is 6.21. The molecule has 1 saturated carbocycles. The molecule has 4 nitrogen and oxygen atoms in total. The van der Waals surface area contributed by atoms with Crippen molar-refractivity contribution in [2.75, 3.05) is 26.7 Å². The van der Waals surface area contributed by atoms with Crippen LogP contribution in [0.1, 0.15) is 57.4 Å². The maximum Gasteiger partial charge on any atom is 0.219 e. The lowest BCUT2D eigenvalue weighted by atomic mass is 9.84. The first kappa shape index (κ1) is 21.6. The summed E-state index contributed by atoms with van der Waals surface area (Å²) in [6.45, 7) is 5.60. The molecule has 0 aromatic heterocycles. The largest absolute Gasteiger partial charge is 0.497 e. The highest BCUT2D eigenvalue weighted by molar-refractivity contribution is 9.10. The van der Waals surface area contributed by atoms with Crippen molar-refractivity contribution < 1.29 is 9.53 Å². The highest BCUT2D eigenvalue weighted by Crippen LogP contribution is 2.30. The van der Waals surface area contributed by atoms with E-state index in [1.807, 2.05) is 13.0 Å². The lowest BCUT2D eigenvalue weighted by Crippen LogP contribution is -2.37. The number of carbonyl (C=O) groups is 1. The van der Waals surface area contributed by atoms with E-state index in [0.717, 1.165) is 36.8 Å². The van der Waals surface area contributed by atoms with Gasteiger partial charge in [-0.3, -0.25) is 4.79 Å². The molecule has 1 N–H and O–H groups in total. The first-order valence-corrected chi connectivity index (χ1v) is 11.7. The number of rotatable bonds is 8. The van der Waals surface area contributed by atoms with E-state index in [1.165, 1.54) is 55.4 Å². The molecule has 1 aliphatic carbocycles. The molecular weight excluding hydrogens is 416 g/mol. The summed E-state index contributed by atoms with van der Waals surface area (Å²) in [7, 11) is 1.73. The van der Waals surface area contributed by atoms with E-state index in [4.69, 9.17) is 4.74 Å². The van der Waals surface area contributed by atoms with Crippen molar-refractivity contribution in [3.05, 3.63) is 28.2 Å². The van der Waals surface area contributed by atoms with Gasteiger partial charge >= 0.3 is 0 Å². The highest BCUT2D eigenvalue weighted by atomic mass is 79.9. The van der Waals surface area contributed by atoms with Gasteiger partial charge in [0.25, 0.3) is 0 Å². The standard InChI is InChI=1S/C23H35BrN2O2/c1-3-23(27)25-20-6-4-17(5-7-20)10-12-26-13-11-18(16-26)14-19-15-21(28-2)8-9-22(19)24/h8-9,15,17-18,20H,3-7,10-14,16H2,1-2H3,(H,25,27). The Balaban J connectivity index is 1.37. The normalized spacial score (nSPS) is 25.6. The molecule has 1 saturated heterocycles. The van der Waals surface area contributed by atoms with Gasteiger partial charge in [-0.05, 0) is 93.6 Å². The number of benzene rings is 1. The van der Waals surface area contributed by atoms with Crippen LogP contribution in [-0.4, -0.2) is 43.6 Å². The number of carbonyl (C=O) groups excluding carboxylic acids is 1. The van der Waals surface area contributed by atoms with Gasteiger partial charge in [0.1, 0.15) is 5.75 Å². The van der Waals surface area contributed by atoms with Gasteiger partial charge in [-0.1, -0.05) is 22.9 Å². The third-order valence-electron chi connectivity index (χ3n) is 6.52. The Morgan fingerprint density at radius 2 is 2.00 bits per heavy atom. The predicted octanol–water partition coefficient (Wildman–Crippen LogP) is 4.80. The molecule has 1 aromatic rings. The van der Waals surface area contributed by atoms with E-state index in [9.17, 15) is 4.79 Å². The first-order chi connectivity index (χ1) is 13.6. The lowest BCUT2D eigenvalue weighted by Gasteiger charge is -2.30. The van der Waals surface area contributed by atoms with Gasteiger partial charge in [0.05, 0.1) is 7.11 Å². The molecule has 1 unspecified atom stereocenters. The Morgan fingerprint density at radius 3 is 2.71 bits per heavy atom. The molecule has 5 heteroatoms. The smallest absolute Gasteiger partial charge is 0.219 e. The number of nitrogens with zero attached hydrogens (tertiary/aromatic N) is 1. The summed E-state index contributed by atoms with van der Waals surface area (Å²) in [6, 6.07) is 6.70. The van der Waals surface area contributed by atoms with E-state index >= 15 is 0 Å². The second-order valence-corrected chi connectivity index (χ2v) is 9.40. The molecule has 0 radical (unpaired) electrons. The SMILES string of the molecule is CCC(=O)NC1CCC(CCN2CCC(Cc3cc(OC)ccc3Br)C2)CC1. The lowest BCUT2D eigenvalue weighted by molar-refractivity contribution is -0.121. The maximum atomic E-state index is 11.6. The number of hydrogen-bond donors (Lipinski definition) is 1. The Kier molecular flexibility index (Phi) is 8.22. The fourth-order valence-corrected chi connectivity index (χ4v) is 5.13. The van der Waals surface area contributed by atoms with Crippen molar-refractivity contribution in [3.8, 4) is 5.75 Å². The minimum atomic E-state index is 0.203. The quantitative estimate of drug-likeness (QED) is 0.618. The van der Waals surface area contributed by atoms with Crippen LogP contribution in [0.25, 0.3) is 0 Å². The average Bonchev–Trinajstić information content (AvgIpc) is 3.16. The molecule has 2 fully saturated rings. The molecule has 28 heavy (non-hydrogen) atoms. The Labute approximate surface area is 178 Å². The summed E-state index contributed by atoms with van der Waals surface area (Å²) >= 11 is 3.69. The first-order valence-electron chi connectivity index (χ1n) is 10.9. The van der Waals surface area contributed by atoms with Crippen LogP contribution in [0, 0.1) is 11.8 Å². The van der Waals surface area contributed by atoms with Crippen molar-refractivity contribution in [1.82, 2.24) is 10.2 Å². The predicted molar refractivity (Wildman–Crippen MR) is 118 cm³/mol. The molecule has 156 valence electrons. The molecule has 1 amide bonds. The summed E-state index contributed by atoms with van der Waals surface area (Å²) in [5.74, 6) is 2.72. The van der Waals surface area contributed by atoms with Crippen molar-refractivity contribution in [2.24, 2.45) is 11.8 Å². The summed E-state index contributed by atoms with van der Waals surface area (Å²) in [5, 5.41) is 3.17. The number of amides is 1. The Morgan fingerprint density at radius 1 is 1.21 bits per heavy atom. The number of likely N-dealkylation sites (tertiary alicyclic amines) is 1. The Bertz CT molecular complexity index is 643. The molecule has 0 bridgehead atoms. The number of methoxy groups -OCH3 is 1. The van der Waals surface area contributed by atoms with Gasteiger partial charge in [-0.15, -0.1) is 0 Å². The number of hydrogen-bond acceptors (Lipinski definition) is 3. The molecule has 2 aliphatic rings. The van der Waals surface area contributed by atoms with Crippen molar-refractivity contribution >= 4 is 21.8 Å². The zero-order valence-electron chi connectivity index (χ0n) is 17.4. The topological polar surface area (TPSA) is 41.6 Å².